The van der Waals surface area contributed by atoms with Crippen molar-refractivity contribution in [3.05, 3.63) is 59.9 Å². The van der Waals surface area contributed by atoms with Gasteiger partial charge in [-0.3, -0.25) is 14.6 Å². The summed E-state index contributed by atoms with van der Waals surface area (Å²) in [6, 6.07) is 10.9. The van der Waals surface area contributed by atoms with Gasteiger partial charge in [0.2, 0.25) is 5.91 Å². The summed E-state index contributed by atoms with van der Waals surface area (Å²) in [5, 5.41) is 6.13. The molecule has 3 rings (SSSR count). The first kappa shape index (κ1) is 17.1. The molecule has 1 aliphatic rings. The average molecular weight is 338 g/mol. The molecule has 2 amide bonds. The van der Waals surface area contributed by atoms with E-state index in [-0.39, 0.29) is 17.9 Å². The monoisotopic (exact) mass is 338 g/mol. The van der Waals surface area contributed by atoms with Crippen LogP contribution in [0.2, 0.25) is 0 Å². The molecule has 0 saturated carbocycles. The zero-order valence-corrected chi connectivity index (χ0v) is 14.2. The fourth-order valence-electron chi connectivity index (χ4n) is 2.86. The van der Waals surface area contributed by atoms with Gasteiger partial charge >= 0.3 is 0 Å². The molecule has 1 atom stereocenters. The molecule has 1 saturated heterocycles. The number of nitrogens with zero attached hydrogens (tertiary/aromatic N) is 2. The van der Waals surface area contributed by atoms with Crippen molar-refractivity contribution in [2.24, 2.45) is 0 Å². The number of pyridine rings is 1. The van der Waals surface area contributed by atoms with E-state index in [0.717, 1.165) is 30.6 Å². The van der Waals surface area contributed by atoms with E-state index < -0.39 is 0 Å². The summed E-state index contributed by atoms with van der Waals surface area (Å²) in [7, 11) is 1.74. The highest BCUT2D eigenvalue weighted by Gasteiger charge is 2.21. The minimum atomic E-state index is -0.0873. The van der Waals surface area contributed by atoms with Gasteiger partial charge in [-0.05, 0) is 49.2 Å². The first-order valence-electron chi connectivity index (χ1n) is 8.43. The van der Waals surface area contributed by atoms with E-state index in [2.05, 4.69) is 15.6 Å². The molecule has 0 bridgehead atoms. The minimum absolute atomic E-state index is 0.0477. The SMILES string of the molecule is CN(C(=O)c1ccncc1)c1ccc(CNC(=O)C2CCCN2)cc1. The Morgan fingerprint density at radius 3 is 2.56 bits per heavy atom. The Labute approximate surface area is 147 Å². The number of rotatable bonds is 5. The summed E-state index contributed by atoms with van der Waals surface area (Å²) in [6.45, 7) is 1.39. The molecule has 2 heterocycles. The van der Waals surface area contributed by atoms with E-state index >= 15 is 0 Å². The van der Waals surface area contributed by atoms with E-state index in [0.29, 0.717) is 12.1 Å². The van der Waals surface area contributed by atoms with Gasteiger partial charge in [0.05, 0.1) is 6.04 Å². The summed E-state index contributed by atoms with van der Waals surface area (Å²) in [4.78, 5) is 30.0. The molecule has 2 aromatic rings. The summed E-state index contributed by atoms with van der Waals surface area (Å²) in [6.07, 6.45) is 5.15. The van der Waals surface area contributed by atoms with Crippen LogP contribution in [0.1, 0.15) is 28.8 Å². The number of aromatic nitrogens is 1. The Kier molecular flexibility index (Phi) is 5.40. The lowest BCUT2D eigenvalue weighted by Gasteiger charge is -2.18. The molecule has 1 aliphatic heterocycles. The van der Waals surface area contributed by atoms with Crippen LogP contribution in [0.25, 0.3) is 0 Å². The van der Waals surface area contributed by atoms with Gasteiger partial charge < -0.3 is 15.5 Å². The average Bonchev–Trinajstić information content (AvgIpc) is 3.21. The van der Waals surface area contributed by atoms with Gasteiger partial charge in [-0.15, -0.1) is 0 Å². The molecule has 0 aliphatic carbocycles. The number of hydrogen-bond acceptors (Lipinski definition) is 4. The topological polar surface area (TPSA) is 74.3 Å². The fourth-order valence-corrected chi connectivity index (χ4v) is 2.86. The normalized spacial score (nSPS) is 16.4. The standard InChI is InChI=1S/C19H22N4O2/c1-23(19(25)15-8-11-20-12-9-15)16-6-4-14(5-7-16)13-22-18(24)17-3-2-10-21-17/h4-9,11-12,17,21H,2-3,10,13H2,1H3,(H,22,24). The van der Waals surface area contributed by atoms with Gasteiger partial charge in [0.25, 0.3) is 5.91 Å². The van der Waals surface area contributed by atoms with E-state index in [1.165, 1.54) is 0 Å². The van der Waals surface area contributed by atoms with Crippen LogP contribution < -0.4 is 15.5 Å². The van der Waals surface area contributed by atoms with Crippen LogP contribution >= 0.6 is 0 Å². The maximum atomic E-state index is 12.4. The lowest BCUT2D eigenvalue weighted by molar-refractivity contribution is -0.122. The second-order valence-corrected chi connectivity index (χ2v) is 6.13. The van der Waals surface area contributed by atoms with Gasteiger partial charge in [0.1, 0.15) is 0 Å². The molecule has 1 unspecified atom stereocenters. The van der Waals surface area contributed by atoms with Crippen molar-refractivity contribution in [1.29, 1.82) is 0 Å². The Morgan fingerprint density at radius 1 is 1.20 bits per heavy atom. The van der Waals surface area contributed by atoms with Crippen molar-refractivity contribution in [3.63, 3.8) is 0 Å². The molecule has 25 heavy (non-hydrogen) atoms. The third-order valence-electron chi connectivity index (χ3n) is 4.40. The maximum Gasteiger partial charge on any atom is 0.258 e. The Morgan fingerprint density at radius 2 is 1.92 bits per heavy atom. The van der Waals surface area contributed by atoms with Crippen LogP contribution in [0.4, 0.5) is 5.69 Å². The van der Waals surface area contributed by atoms with Crippen molar-refractivity contribution in [2.75, 3.05) is 18.5 Å². The third-order valence-corrected chi connectivity index (χ3v) is 4.40. The van der Waals surface area contributed by atoms with E-state index in [1.807, 2.05) is 24.3 Å². The number of anilines is 1. The largest absolute Gasteiger partial charge is 0.351 e. The van der Waals surface area contributed by atoms with Crippen molar-refractivity contribution in [2.45, 2.75) is 25.4 Å². The number of nitrogens with one attached hydrogen (secondary N) is 2. The quantitative estimate of drug-likeness (QED) is 0.871. The lowest BCUT2D eigenvalue weighted by atomic mass is 10.1. The summed E-state index contributed by atoms with van der Waals surface area (Å²) in [5.74, 6) is -0.0395. The predicted octanol–water partition coefficient (Wildman–Crippen LogP) is 1.73. The van der Waals surface area contributed by atoms with Gasteiger partial charge in [-0.25, -0.2) is 0 Å². The van der Waals surface area contributed by atoms with Gasteiger partial charge in [-0.1, -0.05) is 12.1 Å². The molecule has 1 fully saturated rings. The zero-order chi connectivity index (χ0) is 17.6. The Balaban J connectivity index is 1.58. The lowest BCUT2D eigenvalue weighted by Crippen LogP contribution is -2.40. The molecule has 1 aromatic heterocycles. The fraction of sp³-hybridized carbons (Fsp3) is 0.316. The van der Waals surface area contributed by atoms with Crippen molar-refractivity contribution < 1.29 is 9.59 Å². The smallest absolute Gasteiger partial charge is 0.258 e. The van der Waals surface area contributed by atoms with Crippen LogP contribution in [-0.2, 0) is 11.3 Å². The summed E-state index contributed by atoms with van der Waals surface area (Å²) < 4.78 is 0. The molecule has 1 aromatic carbocycles. The van der Waals surface area contributed by atoms with E-state index in [9.17, 15) is 9.59 Å². The minimum Gasteiger partial charge on any atom is -0.351 e. The highest BCUT2D eigenvalue weighted by Crippen LogP contribution is 2.16. The van der Waals surface area contributed by atoms with Crippen LogP contribution in [0, 0.1) is 0 Å². The molecular formula is C19H22N4O2. The molecule has 6 heteroatoms. The molecule has 130 valence electrons. The van der Waals surface area contributed by atoms with Crippen LogP contribution in [-0.4, -0.2) is 36.4 Å². The highest BCUT2D eigenvalue weighted by atomic mass is 16.2. The van der Waals surface area contributed by atoms with Crippen molar-refractivity contribution >= 4 is 17.5 Å². The van der Waals surface area contributed by atoms with E-state index in [4.69, 9.17) is 0 Å². The number of hydrogen-bond donors (Lipinski definition) is 2. The Bertz CT molecular complexity index is 725. The maximum absolute atomic E-state index is 12.4. The predicted molar refractivity (Wildman–Crippen MR) is 96.3 cm³/mol. The zero-order valence-electron chi connectivity index (χ0n) is 14.2. The molecule has 6 nitrogen and oxygen atoms in total. The van der Waals surface area contributed by atoms with Gasteiger partial charge in [0, 0.05) is 37.2 Å². The molecular weight excluding hydrogens is 316 g/mol. The van der Waals surface area contributed by atoms with Crippen molar-refractivity contribution in [3.8, 4) is 0 Å². The highest BCUT2D eigenvalue weighted by molar-refractivity contribution is 6.05. The molecule has 0 spiro atoms. The number of carbonyl (C=O) groups is 2. The second-order valence-electron chi connectivity index (χ2n) is 6.13. The molecule has 0 radical (unpaired) electrons. The van der Waals surface area contributed by atoms with Crippen LogP contribution in [0.5, 0.6) is 0 Å². The van der Waals surface area contributed by atoms with Crippen molar-refractivity contribution in [1.82, 2.24) is 15.6 Å². The number of amides is 2. The number of carbonyl (C=O) groups excluding carboxylic acids is 2. The second kappa shape index (κ2) is 7.90. The summed E-state index contributed by atoms with van der Waals surface area (Å²) in [5.41, 5.74) is 2.40. The Hall–Kier alpha value is -2.73. The van der Waals surface area contributed by atoms with Crippen LogP contribution in [0.15, 0.2) is 48.8 Å². The third kappa shape index (κ3) is 4.22. The van der Waals surface area contributed by atoms with Gasteiger partial charge in [0.15, 0.2) is 0 Å². The molecule has 2 N–H and O–H groups in total. The summed E-state index contributed by atoms with van der Waals surface area (Å²) >= 11 is 0. The number of benzene rings is 1. The first-order valence-corrected chi connectivity index (χ1v) is 8.43. The first-order chi connectivity index (χ1) is 12.1. The van der Waals surface area contributed by atoms with Crippen LogP contribution in [0.3, 0.4) is 0 Å². The van der Waals surface area contributed by atoms with E-state index in [1.54, 1.807) is 36.5 Å². The van der Waals surface area contributed by atoms with Gasteiger partial charge in [-0.2, -0.15) is 0 Å².